The van der Waals surface area contributed by atoms with Crippen molar-refractivity contribution >= 4 is 11.8 Å². The van der Waals surface area contributed by atoms with Crippen molar-refractivity contribution in [1.82, 2.24) is 0 Å². The van der Waals surface area contributed by atoms with E-state index < -0.39 is 0 Å². The molecule has 2 nitrogen and oxygen atoms in total. The average molecular weight is 251 g/mol. The molecule has 0 aromatic heterocycles. The highest BCUT2D eigenvalue weighted by molar-refractivity contribution is 8.00. The predicted octanol–water partition coefficient (Wildman–Crippen LogP) is 3.45. The van der Waals surface area contributed by atoms with Gasteiger partial charge < -0.3 is 10.5 Å². The monoisotopic (exact) mass is 251 g/mol. The number of ether oxygens (including phenoxy) is 1. The van der Waals surface area contributed by atoms with Gasteiger partial charge in [-0.1, -0.05) is 6.42 Å². The average Bonchev–Trinajstić information content (AvgIpc) is 2.25. The van der Waals surface area contributed by atoms with Crippen molar-refractivity contribution in [1.29, 1.82) is 0 Å². The van der Waals surface area contributed by atoms with Crippen LogP contribution >= 0.6 is 11.8 Å². The molecule has 0 bridgehead atoms. The summed E-state index contributed by atoms with van der Waals surface area (Å²) >= 11 is 1.92. The normalized spacial score (nSPS) is 17.9. The molecule has 3 heteroatoms. The maximum Gasteiger partial charge on any atom is 0.119 e. The molecule has 1 fully saturated rings. The van der Waals surface area contributed by atoms with Crippen molar-refractivity contribution in [2.24, 2.45) is 5.73 Å². The van der Waals surface area contributed by atoms with Crippen LogP contribution in [0.2, 0.25) is 0 Å². The molecule has 2 N–H and O–H groups in total. The fourth-order valence-corrected chi connectivity index (χ4v) is 3.38. The zero-order valence-electron chi connectivity index (χ0n) is 10.6. The van der Waals surface area contributed by atoms with E-state index in [0.29, 0.717) is 4.75 Å². The minimum atomic E-state index is 0.232. The molecule has 1 aromatic carbocycles. The van der Waals surface area contributed by atoms with E-state index in [9.17, 15) is 0 Å². The van der Waals surface area contributed by atoms with Crippen LogP contribution in [0.3, 0.4) is 0 Å². The molecule has 1 aromatic rings. The van der Waals surface area contributed by atoms with E-state index in [1.165, 1.54) is 24.2 Å². The van der Waals surface area contributed by atoms with Gasteiger partial charge in [-0.3, -0.25) is 0 Å². The molecule has 0 aliphatic heterocycles. The molecule has 0 atom stereocenters. The SMILES string of the molecule is CC(C)Oc1ccc(SC2(CN)CCC2)cc1. The van der Waals surface area contributed by atoms with Crippen LogP contribution in [0.25, 0.3) is 0 Å². The Balaban J connectivity index is 1.98. The summed E-state index contributed by atoms with van der Waals surface area (Å²) < 4.78 is 5.94. The molecule has 2 rings (SSSR count). The van der Waals surface area contributed by atoms with Crippen molar-refractivity contribution < 1.29 is 4.74 Å². The molecule has 1 aliphatic rings. The molecule has 0 saturated heterocycles. The number of benzene rings is 1. The number of nitrogens with two attached hydrogens (primary N) is 1. The molecule has 94 valence electrons. The van der Waals surface area contributed by atoms with Crippen LogP contribution in [-0.2, 0) is 0 Å². The Kier molecular flexibility index (Phi) is 4.00. The van der Waals surface area contributed by atoms with Crippen LogP contribution in [-0.4, -0.2) is 17.4 Å². The second-order valence-electron chi connectivity index (χ2n) is 4.98. The van der Waals surface area contributed by atoms with Crippen LogP contribution in [0.1, 0.15) is 33.1 Å². The minimum absolute atomic E-state index is 0.232. The summed E-state index contributed by atoms with van der Waals surface area (Å²) in [5.74, 6) is 0.944. The minimum Gasteiger partial charge on any atom is -0.491 e. The van der Waals surface area contributed by atoms with E-state index in [4.69, 9.17) is 10.5 Å². The van der Waals surface area contributed by atoms with Crippen LogP contribution in [0, 0.1) is 0 Å². The van der Waals surface area contributed by atoms with Gasteiger partial charge in [0, 0.05) is 16.2 Å². The molecule has 0 radical (unpaired) electrons. The first-order valence-electron chi connectivity index (χ1n) is 6.29. The Labute approximate surface area is 108 Å². The van der Waals surface area contributed by atoms with Gasteiger partial charge in [0.1, 0.15) is 5.75 Å². The summed E-state index contributed by atoms with van der Waals surface area (Å²) in [4.78, 5) is 1.30. The van der Waals surface area contributed by atoms with Gasteiger partial charge in [0.15, 0.2) is 0 Å². The van der Waals surface area contributed by atoms with E-state index in [2.05, 4.69) is 12.1 Å². The highest BCUT2D eigenvalue weighted by Gasteiger charge is 2.36. The van der Waals surface area contributed by atoms with Gasteiger partial charge in [-0.2, -0.15) is 0 Å². The first-order valence-corrected chi connectivity index (χ1v) is 7.11. The van der Waals surface area contributed by atoms with Crippen LogP contribution < -0.4 is 10.5 Å². The third-order valence-corrected chi connectivity index (χ3v) is 4.68. The zero-order chi connectivity index (χ0) is 12.3. The standard InChI is InChI=1S/C14H21NOS/c1-11(2)16-12-4-6-13(7-5-12)17-14(10-15)8-3-9-14/h4-7,11H,3,8-10,15H2,1-2H3. The summed E-state index contributed by atoms with van der Waals surface area (Å²) in [5, 5.41) is 0. The van der Waals surface area contributed by atoms with Gasteiger partial charge in [-0.25, -0.2) is 0 Å². The summed E-state index contributed by atoms with van der Waals surface area (Å²) in [6.45, 7) is 4.86. The number of hydrogen-bond donors (Lipinski definition) is 1. The molecule has 0 unspecified atom stereocenters. The molecule has 17 heavy (non-hydrogen) atoms. The third-order valence-electron chi connectivity index (χ3n) is 3.17. The zero-order valence-corrected chi connectivity index (χ0v) is 11.4. The summed E-state index contributed by atoms with van der Waals surface area (Å²) in [7, 11) is 0. The highest BCUT2D eigenvalue weighted by Crippen LogP contribution is 2.46. The Morgan fingerprint density at radius 1 is 1.29 bits per heavy atom. The van der Waals surface area contributed by atoms with Crippen molar-refractivity contribution in [2.45, 2.75) is 48.9 Å². The third kappa shape index (κ3) is 3.17. The number of hydrogen-bond acceptors (Lipinski definition) is 3. The lowest BCUT2D eigenvalue weighted by Gasteiger charge is -2.40. The van der Waals surface area contributed by atoms with Gasteiger partial charge in [-0.15, -0.1) is 11.8 Å². The van der Waals surface area contributed by atoms with Gasteiger partial charge in [0.25, 0.3) is 0 Å². The van der Waals surface area contributed by atoms with E-state index in [0.717, 1.165) is 12.3 Å². The van der Waals surface area contributed by atoms with Crippen molar-refractivity contribution in [3.8, 4) is 5.75 Å². The first kappa shape index (κ1) is 12.8. The predicted molar refractivity (Wildman–Crippen MR) is 73.7 cm³/mol. The molecular formula is C14H21NOS. The lowest BCUT2D eigenvalue weighted by Crippen LogP contribution is -2.40. The lowest BCUT2D eigenvalue weighted by molar-refractivity contribution is 0.242. The van der Waals surface area contributed by atoms with Crippen molar-refractivity contribution in [3.63, 3.8) is 0 Å². The molecule has 1 saturated carbocycles. The second-order valence-corrected chi connectivity index (χ2v) is 6.52. The van der Waals surface area contributed by atoms with Crippen LogP contribution in [0.4, 0.5) is 0 Å². The van der Waals surface area contributed by atoms with E-state index in [1.54, 1.807) is 0 Å². The largest absolute Gasteiger partial charge is 0.491 e. The van der Waals surface area contributed by atoms with E-state index in [1.807, 2.05) is 37.7 Å². The summed E-state index contributed by atoms with van der Waals surface area (Å²) in [6, 6.07) is 8.37. The summed E-state index contributed by atoms with van der Waals surface area (Å²) in [5.41, 5.74) is 5.87. The van der Waals surface area contributed by atoms with Gasteiger partial charge >= 0.3 is 0 Å². The quantitative estimate of drug-likeness (QED) is 0.870. The van der Waals surface area contributed by atoms with Crippen molar-refractivity contribution in [2.75, 3.05) is 6.54 Å². The van der Waals surface area contributed by atoms with Gasteiger partial charge in [0.2, 0.25) is 0 Å². The molecule has 0 spiro atoms. The Morgan fingerprint density at radius 3 is 2.35 bits per heavy atom. The van der Waals surface area contributed by atoms with E-state index in [-0.39, 0.29) is 6.10 Å². The molecule has 1 aliphatic carbocycles. The molecule has 0 heterocycles. The van der Waals surface area contributed by atoms with Crippen LogP contribution in [0.15, 0.2) is 29.2 Å². The van der Waals surface area contributed by atoms with Crippen LogP contribution in [0.5, 0.6) is 5.75 Å². The summed E-state index contributed by atoms with van der Waals surface area (Å²) in [6.07, 6.45) is 4.05. The Bertz CT molecular complexity index is 351. The van der Waals surface area contributed by atoms with E-state index >= 15 is 0 Å². The number of rotatable bonds is 5. The topological polar surface area (TPSA) is 35.2 Å². The highest BCUT2D eigenvalue weighted by atomic mass is 32.2. The Morgan fingerprint density at radius 2 is 1.94 bits per heavy atom. The smallest absolute Gasteiger partial charge is 0.119 e. The lowest BCUT2D eigenvalue weighted by atomic mass is 9.84. The Hall–Kier alpha value is -0.670. The fourth-order valence-electron chi connectivity index (χ4n) is 2.03. The second kappa shape index (κ2) is 5.32. The maximum atomic E-state index is 5.87. The van der Waals surface area contributed by atoms with Gasteiger partial charge in [0.05, 0.1) is 6.10 Å². The fraction of sp³-hybridized carbons (Fsp3) is 0.571. The number of thioether (sulfide) groups is 1. The molecule has 0 amide bonds. The van der Waals surface area contributed by atoms with Crippen molar-refractivity contribution in [3.05, 3.63) is 24.3 Å². The van der Waals surface area contributed by atoms with Gasteiger partial charge in [-0.05, 0) is 51.0 Å². The molecular weight excluding hydrogens is 230 g/mol. The maximum absolute atomic E-state index is 5.87. The first-order chi connectivity index (χ1) is 8.13.